The minimum Gasteiger partial charge on any atom is -0.335 e. The Labute approximate surface area is 136 Å². The first-order chi connectivity index (χ1) is 11.2. The number of likely N-dealkylation sites (tertiary alicyclic amines) is 2. The first-order valence-electron chi connectivity index (χ1n) is 8.49. The van der Waals surface area contributed by atoms with E-state index in [-0.39, 0.29) is 5.91 Å². The van der Waals surface area contributed by atoms with E-state index in [2.05, 4.69) is 21.8 Å². The van der Waals surface area contributed by atoms with Crippen LogP contribution >= 0.6 is 0 Å². The number of rotatable bonds is 2. The van der Waals surface area contributed by atoms with Gasteiger partial charge >= 0.3 is 0 Å². The molecule has 1 aromatic heterocycles. The predicted octanol–water partition coefficient (Wildman–Crippen LogP) is 2.33. The highest BCUT2D eigenvalue weighted by atomic mass is 16.2. The van der Waals surface area contributed by atoms with Crippen LogP contribution in [0.15, 0.2) is 30.6 Å². The number of aromatic nitrogens is 2. The molecule has 1 aromatic carbocycles. The van der Waals surface area contributed by atoms with Crippen molar-refractivity contribution in [1.82, 2.24) is 19.8 Å². The fraction of sp³-hybridized carbons (Fsp3) is 0.500. The van der Waals surface area contributed by atoms with Gasteiger partial charge in [-0.1, -0.05) is 12.5 Å². The number of hydrogen-bond acceptors (Lipinski definition) is 4. The second-order valence-corrected chi connectivity index (χ2v) is 6.68. The largest absolute Gasteiger partial charge is 0.335 e. The molecular formula is C18H22N4O. The number of carbonyl (C=O) groups is 1. The van der Waals surface area contributed by atoms with Crippen LogP contribution in [0.2, 0.25) is 0 Å². The highest BCUT2D eigenvalue weighted by molar-refractivity contribution is 6.04. The van der Waals surface area contributed by atoms with Crippen molar-refractivity contribution in [2.75, 3.05) is 19.6 Å². The maximum atomic E-state index is 12.8. The lowest BCUT2D eigenvalue weighted by molar-refractivity contribution is 0.00222. The number of benzene rings is 1. The maximum Gasteiger partial charge on any atom is 0.256 e. The van der Waals surface area contributed by atoms with Gasteiger partial charge in [-0.05, 0) is 38.4 Å². The van der Waals surface area contributed by atoms with Crippen LogP contribution in [0.4, 0.5) is 0 Å². The number of fused-ring (bicyclic) bond motifs is 1. The zero-order valence-electron chi connectivity index (χ0n) is 13.5. The van der Waals surface area contributed by atoms with Gasteiger partial charge in [-0.15, -0.1) is 0 Å². The van der Waals surface area contributed by atoms with E-state index in [0.29, 0.717) is 23.2 Å². The molecular weight excluding hydrogens is 288 g/mol. The van der Waals surface area contributed by atoms with Crippen molar-refractivity contribution in [3.05, 3.63) is 36.2 Å². The van der Waals surface area contributed by atoms with E-state index in [1.807, 2.05) is 23.1 Å². The Morgan fingerprint density at radius 1 is 1.17 bits per heavy atom. The van der Waals surface area contributed by atoms with Crippen LogP contribution < -0.4 is 0 Å². The molecule has 2 aliphatic rings. The molecule has 1 amide bonds. The molecule has 0 spiro atoms. The summed E-state index contributed by atoms with van der Waals surface area (Å²) in [5.41, 5.74) is 2.15. The van der Waals surface area contributed by atoms with Crippen LogP contribution in [0.1, 0.15) is 36.5 Å². The predicted molar refractivity (Wildman–Crippen MR) is 89.2 cm³/mol. The summed E-state index contributed by atoms with van der Waals surface area (Å²) < 4.78 is 0. The zero-order valence-corrected chi connectivity index (χ0v) is 13.5. The third-order valence-corrected chi connectivity index (χ3v) is 5.20. The van der Waals surface area contributed by atoms with Gasteiger partial charge in [0.15, 0.2) is 0 Å². The second kappa shape index (κ2) is 5.89. The maximum absolute atomic E-state index is 12.8. The number of para-hydroxylation sites is 1. The smallest absolute Gasteiger partial charge is 0.256 e. The molecule has 5 nitrogen and oxygen atoms in total. The van der Waals surface area contributed by atoms with E-state index in [1.165, 1.54) is 25.8 Å². The van der Waals surface area contributed by atoms with Crippen molar-refractivity contribution in [3.63, 3.8) is 0 Å². The molecule has 2 fully saturated rings. The van der Waals surface area contributed by atoms with E-state index < -0.39 is 0 Å². The number of nitrogens with zero attached hydrogens (tertiary/aromatic N) is 4. The lowest BCUT2D eigenvalue weighted by Gasteiger charge is -2.49. The zero-order chi connectivity index (χ0) is 15.8. The van der Waals surface area contributed by atoms with Crippen molar-refractivity contribution < 1.29 is 4.79 Å². The summed E-state index contributed by atoms with van der Waals surface area (Å²) in [4.78, 5) is 25.9. The molecule has 4 rings (SSSR count). The fourth-order valence-electron chi connectivity index (χ4n) is 3.83. The van der Waals surface area contributed by atoms with Gasteiger partial charge in [-0.2, -0.15) is 0 Å². The van der Waals surface area contributed by atoms with Gasteiger partial charge in [0.05, 0.1) is 11.1 Å². The van der Waals surface area contributed by atoms with Crippen molar-refractivity contribution in [3.8, 4) is 0 Å². The third-order valence-electron chi connectivity index (χ3n) is 5.20. The van der Waals surface area contributed by atoms with Gasteiger partial charge in [-0.3, -0.25) is 19.7 Å². The van der Waals surface area contributed by atoms with Crippen LogP contribution in [-0.4, -0.2) is 57.4 Å². The molecule has 1 atom stereocenters. The van der Waals surface area contributed by atoms with Crippen LogP contribution in [0.3, 0.4) is 0 Å². The SMILES string of the molecule is C[C@H]1CCCCN1C1CN(C(=O)c2cccc3nccnc23)C1. The summed E-state index contributed by atoms with van der Waals surface area (Å²) in [7, 11) is 0. The van der Waals surface area contributed by atoms with E-state index in [4.69, 9.17) is 0 Å². The standard InChI is InChI=1S/C18H22N4O/c1-13-5-2-3-10-22(13)14-11-21(12-14)18(23)15-6-4-7-16-17(15)20-9-8-19-16/h4,6-9,13-14H,2-3,5,10-12H2,1H3/t13-/m0/s1. The summed E-state index contributed by atoms with van der Waals surface area (Å²) in [6.07, 6.45) is 7.21. The molecule has 0 unspecified atom stereocenters. The van der Waals surface area contributed by atoms with Gasteiger partial charge in [0, 0.05) is 37.6 Å². The Morgan fingerprint density at radius 3 is 2.83 bits per heavy atom. The highest BCUT2D eigenvalue weighted by Crippen LogP contribution is 2.26. The number of amides is 1. The summed E-state index contributed by atoms with van der Waals surface area (Å²) >= 11 is 0. The van der Waals surface area contributed by atoms with Gasteiger partial charge in [0.1, 0.15) is 5.52 Å². The fourth-order valence-corrected chi connectivity index (χ4v) is 3.83. The quantitative estimate of drug-likeness (QED) is 0.854. The van der Waals surface area contributed by atoms with Crippen molar-refractivity contribution in [2.45, 2.75) is 38.3 Å². The minimum atomic E-state index is 0.0806. The van der Waals surface area contributed by atoms with Crippen LogP contribution in [0.25, 0.3) is 11.0 Å². The lowest BCUT2D eigenvalue weighted by atomic mass is 9.97. The highest BCUT2D eigenvalue weighted by Gasteiger charge is 2.38. The second-order valence-electron chi connectivity index (χ2n) is 6.68. The summed E-state index contributed by atoms with van der Waals surface area (Å²) in [5, 5.41) is 0. The minimum absolute atomic E-state index is 0.0806. The lowest BCUT2D eigenvalue weighted by Crippen LogP contribution is -2.63. The Hall–Kier alpha value is -2.01. The Morgan fingerprint density at radius 2 is 2.00 bits per heavy atom. The number of hydrogen-bond donors (Lipinski definition) is 0. The summed E-state index contributed by atoms with van der Waals surface area (Å²) in [6.45, 7) is 5.15. The monoisotopic (exact) mass is 310 g/mol. The van der Waals surface area contributed by atoms with E-state index in [1.54, 1.807) is 12.4 Å². The van der Waals surface area contributed by atoms with Crippen molar-refractivity contribution in [2.24, 2.45) is 0 Å². The molecule has 120 valence electrons. The van der Waals surface area contributed by atoms with E-state index >= 15 is 0 Å². The Kier molecular flexibility index (Phi) is 3.73. The summed E-state index contributed by atoms with van der Waals surface area (Å²) in [6, 6.07) is 6.81. The summed E-state index contributed by atoms with van der Waals surface area (Å²) in [5.74, 6) is 0.0806. The molecule has 23 heavy (non-hydrogen) atoms. The molecule has 0 N–H and O–H groups in total. The van der Waals surface area contributed by atoms with Gasteiger partial charge in [0.25, 0.3) is 5.91 Å². The van der Waals surface area contributed by atoms with Crippen LogP contribution in [-0.2, 0) is 0 Å². The number of piperidine rings is 1. The van der Waals surface area contributed by atoms with Crippen molar-refractivity contribution >= 4 is 16.9 Å². The number of carbonyl (C=O) groups excluding carboxylic acids is 1. The average Bonchev–Trinajstić information content (AvgIpc) is 2.54. The average molecular weight is 310 g/mol. The molecule has 0 aliphatic carbocycles. The molecule has 0 bridgehead atoms. The molecule has 2 aliphatic heterocycles. The Bertz CT molecular complexity index is 721. The van der Waals surface area contributed by atoms with E-state index in [9.17, 15) is 4.79 Å². The molecule has 2 aromatic rings. The van der Waals surface area contributed by atoms with Crippen molar-refractivity contribution in [1.29, 1.82) is 0 Å². The van der Waals surface area contributed by atoms with Crippen LogP contribution in [0, 0.1) is 0 Å². The first-order valence-corrected chi connectivity index (χ1v) is 8.49. The van der Waals surface area contributed by atoms with Gasteiger partial charge < -0.3 is 4.90 Å². The van der Waals surface area contributed by atoms with Crippen LogP contribution in [0.5, 0.6) is 0 Å². The molecule has 0 saturated carbocycles. The van der Waals surface area contributed by atoms with E-state index in [0.717, 1.165) is 18.6 Å². The van der Waals surface area contributed by atoms with Gasteiger partial charge in [-0.25, -0.2) is 0 Å². The Balaban J connectivity index is 1.48. The third kappa shape index (κ3) is 2.59. The normalized spacial score (nSPS) is 23.0. The van der Waals surface area contributed by atoms with Gasteiger partial charge in [0.2, 0.25) is 0 Å². The first kappa shape index (κ1) is 14.6. The molecule has 5 heteroatoms. The topological polar surface area (TPSA) is 49.3 Å². The molecule has 0 radical (unpaired) electrons. The molecule has 2 saturated heterocycles. The molecule has 3 heterocycles.